The number of aryl methyl sites for hydroxylation is 1. The number of rotatable bonds is 3. The highest BCUT2D eigenvalue weighted by Gasteiger charge is 2.38. The van der Waals surface area contributed by atoms with Crippen LogP contribution in [0.1, 0.15) is 56.5 Å². The van der Waals surface area contributed by atoms with Crippen LogP contribution >= 0.6 is 0 Å². The van der Waals surface area contributed by atoms with Crippen molar-refractivity contribution in [1.82, 2.24) is 19.9 Å². The van der Waals surface area contributed by atoms with E-state index in [9.17, 15) is 4.79 Å². The number of nitrogens with two attached hydrogens (primary N) is 1. The molecule has 7 heteroatoms. The van der Waals surface area contributed by atoms with Crippen molar-refractivity contribution < 1.29 is 4.79 Å². The number of carbonyl (C=O) groups is 1. The van der Waals surface area contributed by atoms with Crippen molar-refractivity contribution in [2.75, 3.05) is 31.1 Å². The zero-order valence-corrected chi connectivity index (χ0v) is 21.0. The molecule has 0 aliphatic carbocycles. The zero-order chi connectivity index (χ0) is 24.3. The molecule has 5 rings (SSSR count). The van der Waals surface area contributed by atoms with Gasteiger partial charge in [0, 0.05) is 44.1 Å². The Morgan fingerprint density at radius 1 is 1.24 bits per heavy atom. The summed E-state index contributed by atoms with van der Waals surface area (Å²) in [5, 5.41) is 0. The monoisotopic (exact) mass is 460 g/mol. The van der Waals surface area contributed by atoms with Crippen LogP contribution in [-0.4, -0.2) is 57.5 Å². The van der Waals surface area contributed by atoms with Crippen LogP contribution in [0, 0.1) is 18.3 Å². The molecule has 4 heterocycles. The molecular formula is C27H36N6O. The van der Waals surface area contributed by atoms with E-state index in [0.717, 1.165) is 66.1 Å². The molecular weight excluding hydrogens is 424 g/mol. The van der Waals surface area contributed by atoms with Crippen molar-refractivity contribution in [3.63, 3.8) is 0 Å². The number of H-pyrrole nitrogens is 1. The minimum atomic E-state index is -0.295. The Balaban J connectivity index is 1.60. The standard InChI is InChI=1S/C27H36N6O/c1-17-7-6-8-21-22(17)31-24(30-21)19-13-29-14-20(23(19)33-12-10-27(5,28)16-33)25(34)32-11-9-18(15-32)26(2,3)4/h6-8,13-14,18H,9-12,15-16,28H2,1-5H3,(H,30,31)/t18?,27-/m0/s1. The highest BCUT2D eigenvalue weighted by Crippen LogP contribution is 2.39. The number of imidazole rings is 1. The van der Waals surface area contributed by atoms with Gasteiger partial charge in [0.05, 0.1) is 27.8 Å². The fourth-order valence-electron chi connectivity index (χ4n) is 5.42. The van der Waals surface area contributed by atoms with E-state index < -0.39 is 0 Å². The summed E-state index contributed by atoms with van der Waals surface area (Å²) in [7, 11) is 0. The van der Waals surface area contributed by atoms with Gasteiger partial charge in [-0.3, -0.25) is 9.78 Å². The Morgan fingerprint density at radius 3 is 2.68 bits per heavy atom. The summed E-state index contributed by atoms with van der Waals surface area (Å²) in [5.74, 6) is 1.28. The maximum absolute atomic E-state index is 13.9. The van der Waals surface area contributed by atoms with Crippen molar-refractivity contribution >= 4 is 22.6 Å². The molecule has 3 aromatic rings. The summed E-state index contributed by atoms with van der Waals surface area (Å²) in [6.45, 7) is 14.0. The topological polar surface area (TPSA) is 91.1 Å². The average Bonchev–Trinajstić information content (AvgIpc) is 3.50. The third kappa shape index (κ3) is 4.06. The van der Waals surface area contributed by atoms with Crippen LogP contribution in [0.25, 0.3) is 22.4 Å². The molecule has 2 fully saturated rings. The molecule has 0 radical (unpaired) electrons. The highest BCUT2D eigenvalue weighted by atomic mass is 16.2. The molecule has 2 saturated heterocycles. The Hall–Kier alpha value is -2.93. The van der Waals surface area contributed by atoms with Crippen molar-refractivity contribution in [3.05, 3.63) is 41.7 Å². The van der Waals surface area contributed by atoms with E-state index in [1.54, 1.807) is 6.20 Å². The molecule has 2 aliphatic rings. The highest BCUT2D eigenvalue weighted by molar-refractivity contribution is 6.03. The maximum atomic E-state index is 13.9. The van der Waals surface area contributed by atoms with Gasteiger partial charge in [-0.1, -0.05) is 32.9 Å². The Morgan fingerprint density at radius 2 is 2.03 bits per heavy atom. The minimum absolute atomic E-state index is 0.0500. The van der Waals surface area contributed by atoms with E-state index in [2.05, 4.69) is 55.6 Å². The van der Waals surface area contributed by atoms with Gasteiger partial charge in [0.2, 0.25) is 0 Å². The molecule has 180 valence electrons. The van der Waals surface area contributed by atoms with Crippen LogP contribution in [0.15, 0.2) is 30.6 Å². The number of hydrogen-bond donors (Lipinski definition) is 2. The quantitative estimate of drug-likeness (QED) is 0.606. The number of aromatic nitrogens is 3. The SMILES string of the molecule is Cc1cccc2[nH]c(-c3cncc(C(=O)N4CCC(C(C)(C)C)C4)c3N3CC[C@](C)(N)C3)nc12. The Kier molecular flexibility index (Phi) is 5.43. The van der Waals surface area contributed by atoms with E-state index in [0.29, 0.717) is 18.0 Å². The first-order valence-electron chi connectivity index (χ1n) is 12.3. The van der Waals surface area contributed by atoms with Crippen molar-refractivity contribution in [2.24, 2.45) is 17.1 Å². The normalized spacial score (nSPS) is 23.3. The summed E-state index contributed by atoms with van der Waals surface area (Å²) < 4.78 is 0. The van der Waals surface area contributed by atoms with E-state index in [-0.39, 0.29) is 16.9 Å². The van der Waals surface area contributed by atoms with Gasteiger partial charge in [-0.05, 0) is 49.7 Å². The lowest BCUT2D eigenvalue weighted by Gasteiger charge is -2.29. The molecule has 3 N–H and O–H groups in total. The van der Waals surface area contributed by atoms with Gasteiger partial charge in [0.25, 0.3) is 5.91 Å². The van der Waals surface area contributed by atoms with Crippen LogP contribution in [0.3, 0.4) is 0 Å². The molecule has 34 heavy (non-hydrogen) atoms. The van der Waals surface area contributed by atoms with Crippen molar-refractivity contribution in [3.8, 4) is 11.4 Å². The summed E-state index contributed by atoms with van der Waals surface area (Å²) in [5.41, 5.74) is 11.8. The molecule has 7 nitrogen and oxygen atoms in total. The fraction of sp³-hybridized carbons (Fsp3) is 0.519. The largest absolute Gasteiger partial charge is 0.368 e. The number of hydrogen-bond acceptors (Lipinski definition) is 5. The smallest absolute Gasteiger partial charge is 0.257 e. The molecule has 1 unspecified atom stereocenters. The molecule has 1 amide bonds. The maximum Gasteiger partial charge on any atom is 0.257 e. The number of carbonyl (C=O) groups excluding carboxylic acids is 1. The average molecular weight is 461 g/mol. The van der Waals surface area contributed by atoms with Gasteiger partial charge in [0.15, 0.2) is 0 Å². The van der Waals surface area contributed by atoms with E-state index in [1.165, 1.54) is 0 Å². The van der Waals surface area contributed by atoms with Crippen LogP contribution in [0.5, 0.6) is 0 Å². The number of likely N-dealkylation sites (tertiary alicyclic amines) is 1. The Labute approximate surface area is 201 Å². The number of benzene rings is 1. The van der Waals surface area contributed by atoms with Crippen LogP contribution in [0.2, 0.25) is 0 Å². The first-order valence-corrected chi connectivity index (χ1v) is 12.3. The molecule has 2 aliphatic heterocycles. The first kappa shape index (κ1) is 22.8. The fourth-order valence-corrected chi connectivity index (χ4v) is 5.42. The lowest BCUT2D eigenvalue weighted by molar-refractivity contribution is 0.0776. The van der Waals surface area contributed by atoms with Crippen LogP contribution in [0.4, 0.5) is 5.69 Å². The van der Waals surface area contributed by atoms with E-state index in [4.69, 9.17) is 10.7 Å². The van der Waals surface area contributed by atoms with Crippen molar-refractivity contribution in [2.45, 2.75) is 53.0 Å². The van der Waals surface area contributed by atoms with Gasteiger partial charge in [0.1, 0.15) is 5.82 Å². The van der Waals surface area contributed by atoms with E-state index in [1.807, 2.05) is 23.2 Å². The number of anilines is 1. The Bertz CT molecular complexity index is 1240. The van der Waals surface area contributed by atoms with Gasteiger partial charge < -0.3 is 20.5 Å². The van der Waals surface area contributed by atoms with Crippen LogP contribution < -0.4 is 10.6 Å². The van der Waals surface area contributed by atoms with Crippen molar-refractivity contribution in [1.29, 1.82) is 0 Å². The summed E-state index contributed by atoms with van der Waals surface area (Å²) in [4.78, 5) is 31.0. The van der Waals surface area contributed by atoms with Gasteiger partial charge in [-0.2, -0.15) is 0 Å². The summed E-state index contributed by atoms with van der Waals surface area (Å²) in [6.07, 6.45) is 5.46. The number of nitrogens with one attached hydrogen (secondary N) is 1. The number of fused-ring (bicyclic) bond motifs is 1. The third-order valence-electron chi connectivity index (χ3n) is 7.64. The predicted molar refractivity (Wildman–Crippen MR) is 137 cm³/mol. The van der Waals surface area contributed by atoms with Crippen LogP contribution in [-0.2, 0) is 0 Å². The lowest BCUT2D eigenvalue weighted by atomic mass is 9.80. The molecule has 2 atom stereocenters. The lowest BCUT2D eigenvalue weighted by Crippen LogP contribution is -2.40. The number of nitrogens with zero attached hydrogens (tertiary/aromatic N) is 4. The predicted octanol–water partition coefficient (Wildman–Crippen LogP) is 4.37. The summed E-state index contributed by atoms with van der Waals surface area (Å²) in [6, 6.07) is 6.12. The number of pyridine rings is 1. The number of aromatic amines is 1. The van der Waals surface area contributed by atoms with Gasteiger partial charge >= 0.3 is 0 Å². The second-order valence-corrected chi connectivity index (χ2v) is 11.6. The number of para-hydroxylation sites is 1. The molecule has 2 aromatic heterocycles. The van der Waals surface area contributed by atoms with E-state index >= 15 is 0 Å². The van der Waals surface area contributed by atoms with Gasteiger partial charge in [-0.15, -0.1) is 0 Å². The minimum Gasteiger partial charge on any atom is -0.368 e. The second kappa shape index (κ2) is 8.08. The molecule has 1 aromatic carbocycles. The zero-order valence-electron chi connectivity index (χ0n) is 21.0. The molecule has 0 spiro atoms. The second-order valence-electron chi connectivity index (χ2n) is 11.6. The summed E-state index contributed by atoms with van der Waals surface area (Å²) >= 11 is 0. The molecule has 0 bridgehead atoms. The third-order valence-corrected chi connectivity index (χ3v) is 7.64. The number of amides is 1. The molecule has 0 saturated carbocycles. The first-order chi connectivity index (χ1) is 16.0. The van der Waals surface area contributed by atoms with Gasteiger partial charge in [-0.25, -0.2) is 4.98 Å².